The van der Waals surface area contributed by atoms with E-state index < -0.39 is 0 Å². The first-order valence-corrected chi connectivity index (χ1v) is 11.4. The van der Waals surface area contributed by atoms with Gasteiger partial charge in [0.2, 0.25) is 11.9 Å². The number of ether oxygens (including phenoxy) is 1. The predicted octanol–water partition coefficient (Wildman–Crippen LogP) is 3.94. The minimum absolute atomic E-state index is 0.0205. The van der Waals surface area contributed by atoms with E-state index in [1.165, 1.54) is 5.56 Å². The lowest BCUT2D eigenvalue weighted by molar-refractivity contribution is -0.117. The minimum Gasteiger partial charge on any atom is -0.379 e. The maximum Gasteiger partial charge on any atom is 0.227 e. The third-order valence-corrected chi connectivity index (χ3v) is 6.17. The summed E-state index contributed by atoms with van der Waals surface area (Å²) in [5.74, 6) is 0.530. The van der Waals surface area contributed by atoms with Crippen LogP contribution in [0.5, 0.6) is 0 Å². The van der Waals surface area contributed by atoms with Crippen molar-refractivity contribution in [2.24, 2.45) is 5.92 Å². The summed E-state index contributed by atoms with van der Waals surface area (Å²) in [6.45, 7) is 2.85. The van der Waals surface area contributed by atoms with Gasteiger partial charge in [-0.3, -0.25) is 9.69 Å². The molecule has 1 saturated heterocycles. The van der Waals surface area contributed by atoms with Crippen molar-refractivity contribution in [3.63, 3.8) is 0 Å². The maximum absolute atomic E-state index is 12.1. The highest BCUT2D eigenvalue weighted by Crippen LogP contribution is 2.31. The van der Waals surface area contributed by atoms with Gasteiger partial charge in [-0.05, 0) is 48.7 Å². The van der Waals surface area contributed by atoms with Gasteiger partial charge in [0.25, 0.3) is 0 Å². The van der Waals surface area contributed by atoms with Crippen LogP contribution in [0.3, 0.4) is 0 Å². The van der Waals surface area contributed by atoms with E-state index in [0.29, 0.717) is 29.0 Å². The number of nitrogens with zero attached hydrogens (tertiary/aromatic N) is 4. The van der Waals surface area contributed by atoms with Gasteiger partial charge >= 0.3 is 0 Å². The van der Waals surface area contributed by atoms with Gasteiger partial charge in [-0.15, -0.1) is 0 Å². The highest BCUT2D eigenvalue weighted by molar-refractivity contribution is 5.95. The smallest absolute Gasteiger partial charge is 0.227 e. The normalized spacial score (nSPS) is 15.9. The Bertz CT molecular complexity index is 1230. The molecular weight excluding hydrogens is 428 g/mol. The zero-order valence-electron chi connectivity index (χ0n) is 19.0. The van der Waals surface area contributed by atoms with Crippen molar-refractivity contribution in [1.29, 1.82) is 5.26 Å². The molecule has 1 aliphatic carbocycles. The molecule has 0 radical (unpaired) electrons. The molecule has 8 heteroatoms. The molecule has 2 aliphatic rings. The Kier molecular flexibility index (Phi) is 6.21. The first kappa shape index (κ1) is 22.0. The molecule has 3 aromatic rings. The van der Waals surface area contributed by atoms with Gasteiger partial charge in [-0.25, -0.2) is 9.97 Å². The summed E-state index contributed by atoms with van der Waals surface area (Å²) in [5.41, 5.74) is 4.56. The van der Waals surface area contributed by atoms with E-state index in [0.717, 1.165) is 43.7 Å². The summed E-state index contributed by atoms with van der Waals surface area (Å²) >= 11 is 0. The average Bonchev–Trinajstić information content (AvgIpc) is 3.68. The largest absolute Gasteiger partial charge is 0.379 e. The van der Waals surface area contributed by atoms with E-state index in [1.54, 1.807) is 31.5 Å². The number of carbonyl (C=O) groups excluding carboxylic acids is 1. The molecule has 172 valence electrons. The van der Waals surface area contributed by atoms with Gasteiger partial charge in [0.05, 0.1) is 23.0 Å². The number of nitrogens with one attached hydrogen (secondary N) is 2. The highest BCUT2D eigenvalue weighted by atomic mass is 16.5. The van der Waals surface area contributed by atoms with Crippen LogP contribution in [0.1, 0.15) is 24.0 Å². The average molecular weight is 455 g/mol. The van der Waals surface area contributed by atoms with Gasteiger partial charge < -0.3 is 15.4 Å². The molecule has 1 saturated carbocycles. The first-order valence-electron chi connectivity index (χ1n) is 11.4. The maximum atomic E-state index is 12.1. The van der Waals surface area contributed by atoms with Crippen molar-refractivity contribution < 1.29 is 9.53 Å². The second-order valence-electron chi connectivity index (χ2n) is 8.77. The number of likely N-dealkylation sites (tertiary alicyclic amines) is 1. The quantitative estimate of drug-likeness (QED) is 0.531. The summed E-state index contributed by atoms with van der Waals surface area (Å²) in [7, 11) is 1.76. The van der Waals surface area contributed by atoms with E-state index in [1.807, 2.05) is 18.2 Å². The van der Waals surface area contributed by atoms with Crippen LogP contribution in [0, 0.1) is 17.2 Å². The summed E-state index contributed by atoms with van der Waals surface area (Å²) in [6.07, 6.45) is 3.87. The van der Waals surface area contributed by atoms with Crippen LogP contribution in [0.2, 0.25) is 0 Å². The number of anilines is 3. The Morgan fingerprint density at radius 3 is 2.68 bits per heavy atom. The fourth-order valence-electron chi connectivity index (χ4n) is 3.95. The Morgan fingerprint density at radius 2 is 1.97 bits per heavy atom. The van der Waals surface area contributed by atoms with Gasteiger partial charge in [0.15, 0.2) is 0 Å². The number of amides is 1. The molecule has 2 heterocycles. The lowest BCUT2D eigenvalue weighted by Crippen LogP contribution is -2.50. The van der Waals surface area contributed by atoms with Crippen LogP contribution >= 0.6 is 0 Å². The fourth-order valence-corrected chi connectivity index (χ4v) is 3.95. The first-order chi connectivity index (χ1) is 16.6. The molecule has 0 unspecified atom stereocenters. The SMILES string of the molecule is COC1CN(Cc2ccc(Nc3nccc(-c4ccc(NC(=O)C5CC5)c(C#N)c4)n3)cc2)C1. The lowest BCUT2D eigenvalue weighted by atomic mass is 10.1. The molecule has 1 aromatic heterocycles. The molecule has 34 heavy (non-hydrogen) atoms. The molecule has 1 amide bonds. The minimum atomic E-state index is -0.0205. The Hall–Kier alpha value is -3.80. The summed E-state index contributed by atoms with van der Waals surface area (Å²) in [5, 5.41) is 15.7. The van der Waals surface area contributed by atoms with E-state index in [9.17, 15) is 10.1 Å². The number of aromatic nitrogens is 2. The number of benzene rings is 2. The molecule has 0 spiro atoms. The van der Waals surface area contributed by atoms with Crippen LogP contribution in [0.25, 0.3) is 11.3 Å². The standard InChI is InChI=1S/C26H26N6O2/c1-34-22-15-32(16-22)14-17-2-7-21(8-3-17)29-26-28-11-10-24(31-26)19-6-9-23(20(12-19)13-27)30-25(33)18-4-5-18/h2-3,6-12,18,22H,4-5,14-16H2,1H3,(H,30,33)(H,28,29,31). The zero-order valence-corrected chi connectivity index (χ0v) is 19.0. The number of carbonyl (C=O) groups is 1. The van der Waals surface area contributed by atoms with Crippen LogP contribution in [0.15, 0.2) is 54.7 Å². The number of hydrogen-bond acceptors (Lipinski definition) is 7. The molecule has 2 aromatic carbocycles. The number of hydrogen-bond donors (Lipinski definition) is 2. The van der Waals surface area contributed by atoms with E-state index in [2.05, 4.69) is 43.7 Å². The van der Waals surface area contributed by atoms with E-state index in [4.69, 9.17) is 4.74 Å². The monoisotopic (exact) mass is 454 g/mol. The van der Waals surface area contributed by atoms with Crippen molar-refractivity contribution in [1.82, 2.24) is 14.9 Å². The fraction of sp³-hybridized carbons (Fsp3) is 0.308. The van der Waals surface area contributed by atoms with Crippen molar-refractivity contribution in [2.75, 3.05) is 30.8 Å². The molecule has 2 fully saturated rings. The molecule has 0 bridgehead atoms. The molecule has 2 N–H and O–H groups in total. The van der Waals surface area contributed by atoms with Gasteiger partial charge in [-0.2, -0.15) is 5.26 Å². The van der Waals surface area contributed by atoms with E-state index >= 15 is 0 Å². The number of rotatable bonds is 8. The van der Waals surface area contributed by atoms with Crippen LogP contribution < -0.4 is 10.6 Å². The van der Waals surface area contributed by atoms with Gasteiger partial charge in [-0.1, -0.05) is 18.2 Å². The van der Waals surface area contributed by atoms with Crippen molar-refractivity contribution in [3.05, 3.63) is 65.9 Å². The summed E-state index contributed by atoms with van der Waals surface area (Å²) in [6, 6.07) is 17.6. The molecule has 5 rings (SSSR count). The van der Waals surface area contributed by atoms with E-state index in [-0.39, 0.29) is 11.8 Å². The number of methoxy groups -OCH3 is 1. The van der Waals surface area contributed by atoms with Gasteiger partial charge in [0.1, 0.15) is 6.07 Å². The van der Waals surface area contributed by atoms with Gasteiger partial charge in [0, 0.05) is 50.1 Å². The zero-order chi connectivity index (χ0) is 23.5. The predicted molar refractivity (Wildman–Crippen MR) is 129 cm³/mol. The molecule has 1 aliphatic heterocycles. The van der Waals surface area contributed by atoms with Crippen LogP contribution in [0.4, 0.5) is 17.3 Å². The van der Waals surface area contributed by atoms with Crippen molar-refractivity contribution in [3.8, 4) is 17.3 Å². The Morgan fingerprint density at radius 1 is 1.18 bits per heavy atom. The summed E-state index contributed by atoms with van der Waals surface area (Å²) in [4.78, 5) is 23.4. The second-order valence-corrected chi connectivity index (χ2v) is 8.77. The third-order valence-electron chi connectivity index (χ3n) is 6.17. The Labute approximate surface area is 198 Å². The molecule has 8 nitrogen and oxygen atoms in total. The summed E-state index contributed by atoms with van der Waals surface area (Å²) < 4.78 is 5.33. The van der Waals surface area contributed by atoms with Crippen molar-refractivity contribution in [2.45, 2.75) is 25.5 Å². The second kappa shape index (κ2) is 9.59. The molecule has 0 atom stereocenters. The lowest BCUT2D eigenvalue weighted by Gasteiger charge is -2.38. The van der Waals surface area contributed by atoms with Crippen LogP contribution in [-0.2, 0) is 16.1 Å². The topological polar surface area (TPSA) is 103 Å². The Balaban J connectivity index is 1.25. The third kappa shape index (κ3) is 5.06. The van der Waals surface area contributed by atoms with Crippen molar-refractivity contribution >= 4 is 23.2 Å². The van der Waals surface area contributed by atoms with Crippen LogP contribution in [-0.4, -0.2) is 47.1 Å². The highest BCUT2D eigenvalue weighted by Gasteiger charge is 2.30. The molecular formula is C26H26N6O2. The number of nitriles is 1.